The zero-order valence-electron chi connectivity index (χ0n) is 13.2. The number of carbonyl (C=O) groups is 1. The molecule has 0 atom stereocenters. The zero-order valence-corrected chi connectivity index (χ0v) is 13.2. The summed E-state index contributed by atoms with van der Waals surface area (Å²) in [4.78, 5) is 15.8. The summed E-state index contributed by atoms with van der Waals surface area (Å²) >= 11 is 0. The van der Waals surface area contributed by atoms with Crippen molar-refractivity contribution >= 4 is 11.7 Å². The van der Waals surface area contributed by atoms with Crippen molar-refractivity contribution < 1.29 is 23.4 Å². The van der Waals surface area contributed by atoms with Crippen molar-refractivity contribution in [2.75, 3.05) is 11.9 Å². The van der Waals surface area contributed by atoms with Gasteiger partial charge in [-0.15, -0.1) is 0 Å². The summed E-state index contributed by atoms with van der Waals surface area (Å²) in [5.41, 5.74) is 0.433. The van der Waals surface area contributed by atoms with Gasteiger partial charge < -0.3 is 20.5 Å². The van der Waals surface area contributed by atoms with Crippen molar-refractivity contribution in [1.82, 2.24) is 10.3 Å². The van der Waals surface area contributed by atoms with Gasteiger partial charge in [-0.1, -0.05) is 6.07 Å². The molecule has 0 unspecified atom stereocenters. The number of carbonyl (C=O) groups excluding carboxylic acids is 1. The van der Waals surface area contributed by atoms with Gasteiger partial charge in [0.25, 0.3) is 0 Å². The Morgan fingerprint density at radius 3 is 2.76 bits per heavy atom. The number of benzene rings is 1. The van der Waals surface area contributed by atoms with Crippen LogP contribution in [0.1, 0.15) is 12.8 Å². The quantitative estimate of drug-likeness (QED) is 0.775. The SMILES string of the molecule is O=C(Nc1ccc(Oc2cccc(F)c2F)nc1)NC1CC(CO)C1. The molecule has 0 bridgehead atoms. The molecular weight excluding hydrogens is 332 g/mol. The number of amides is 2. The zero-order chi connectivity index (χ0) is 17.8. The summed E-state index contributed by atoms with van der Waals surface area (Å²) in [7, 11) is 0. The van der Waals surface area contributed by atoms with Gasteiger partial charge in [-0.3, -0.25) is 0 Å². The number of ether oxygens (including phenoxy) is 1. The number of anilines is 1. The van der Waals surface area contributed by atoms with Gasteiger partial charge in [0.05, 0.1) is 11.9 Å². The molecule has 1 saturated carbocycles. The first-order valence-electron chi connectivity index (χ1n) is 7.81. The monoisotopic (exact) mass is 349 g/mol. The summed E-state index contributed by atoms with van der Waals surface area (Å²) in [6, 6.07) is 6.28. The van der Waals surface area contributed by atoms with Gasteiger partial charge >= 0.3 is 6.03 Å². The van der Waals surface area contributed by atoms with E-state index in [9.17, 15) is 13.6 Å². The van der Waals surface area contributed by atoms with Crippen LogP contribution >= 0.6 is 0 Å². The van der Waals surface area contributed by atoms with Crippen LogP contribution < -0.4 is 15.4 Å². The predicted molar refractivity (Wildman–Crippen MR) is 86.4 cm³/mol. The molecule has 0 radical (unpaired) electrons. The molecule has 1 heterocycles. The van der Waals surface area contributed by atoms with Crippen LogP contribution in [-0.2, 0) is 0 Å². The summed E-state index contributed by atoms with van der Waals surface area (Å²) in [5, 5.41) is 14.4. The van der Waals surface area contributed by atoms with Crippen LogP contribution in [0.2, 0.25) is 0 Å². The Bertz CT molecular complexity index is 749. The first-order valence-corrected chi connectivity index (χ1v) is 7.81. The van der Waals surface area contributed by atoms with E-state index in [0.717, 1.165) is 18.9 Å². The van der Waals surface area contributed by atoms with E-state index in [1.165, 1.54) is 30.5 Å². The van der Waals surface area contributed by atoms with Gasteiger partial charge in [0.1, 0.15) is 0 Å². The van der Waals surface area contributed by atoms with E-state index in [1.807, 2.05) is 0 Å². The van der Waals surface area contributed by atoms with Crippen LogP contribution in [0.15, 0.2) is 36.5 Å². The van der Waals surface area contributed by atoms with E-state index >= 15 is 0 Å². The standard InChI is InChI=1S/C17H17F2N3O3/c18-13-2-1-3-14(16(13)19)25-15-5-4-11(8-20-15)21-17(24)22-12-6-10(7-12)9-23/h1-5,8,10,12,23H,6-7,9H2,(H2,21,22,24). The second kappa shape index (κ2) is 7.43. The van der Waals surface area contributed by atoms with E-state index in [2.05, 4.69) is 15.6 Å². The fourth-order valence-corrected chi connectivity index (χ4v) is 2.55. The van der Waals surface area contributed by atoms with Gasteiger partial charge in [-0.2, -0.15) is 4.39 Å². The minimum absolute atomic E-state index is 0.0590. The molecule has 1 aliphatic carbocycles. The lowest BCUT2D eigenvalue weighted by Gasteiger charge is -2.34. The Morgan fingerprint density at radius 2 is 2.08 bits per heavy atom. The summed E-state index contributed by atoms with van der Waals surface area (Å²) < 4.78 is 31.9. The van der Waals surface area contributed by atoms with Crippen molar-refractivity contribution in [2.45, 2.75) is 18.9 Å². The molecule has 25 heavy (non-hydrogen) atoms. The molecule has 3 N–H and O–H groups in total. The predicted octanol–water partition coefficient (Wildman–Crippen LogP) is 3.04. The molecule has 132 valence electrons. The number of rotatable bonds is 5. The number of halogens is 2. The molecule has 1 aromatic carbocycles. The Kier molecular flexibility index (Phi) is 5.08. The van der Waals surface area contributed by atoms with Crippen LogP contribution in [0.25, 0.3) is 0 Å². The van der Waals surface area contributed by atoms with Gasteiger partial charge in [-0.05, 0) is 37.0 Å². The van der Waals surface area contributed by atoms with Crippen molar-refractivity contribution in [3.63, 3.8) is 0 Å². The third-order valence-corrected chi connectivity index (χ3v) is 3.95. The van der Waals surface area contributed by atoms with Gasteiger partial charge in [0.15, 0.2) is 11.6 Å². The number of nitrogens with zero attached hydrogens (tertiary/aromatic N) is 1. The van der Waals surface area contributed by atoms with Crippen molar-refractivity contribution in [1.29, 1.82) is 0 Å². The fourth-order valence-electron chi connectivity index (χ4n) is 2.55. The Labute approximate surface area is 142 Å². The summed E-state index contributed by atoms with van der Waals surface area (Å²) in [6.07, 6.45) is 2.87. The van der Waals surface area contributed by atoms with E-state index < -0.39 is 11.6 Å². The van der Waals surface area contributed by atoms with Crippen LogP contribution in [0.5, 0.6) is 11.6 Å². The van der Waals surface area contributed by atoms with Crippen molar-refractivity contribution in [2.24, 2.45) is 5.92 Å². The molecule has 1 aromatic heterocycles. The molecule has 0 saturated heterocycles. The highest BCUT2D eigenvalue weighted by Gasteiger charge is 2.29. The molecule has 8 heteroatoms. The normalized spacial score (nSPS) is 19.0. The summed E-state index contributed by atoms with van der Waals surface area (Å²) in [6.45, 7) is 0.136. The largest absolute Gasteiger partial charge is 0.436 e. The van der Waals surface area contributed by atoms with Crippen LogP contribution in [-0.4, -0.2) is 28.8 Å². The van der Waals surface area contributed by atoms with E-state index in [0.29, 0.717) is 5.69 Å². The minimum Gasteiger partial charge on any atom is -0.436 e. The average Bonchev–Trinajstić information content (AvgIpc) is 2.56. The molecule has 6 nitrogen and oxygen atoms in total. The number of pyridine rings is 1. The number of nitrogens with one attached hydrogen (secondary N) is 2. The number of aliphatic hydroxyl groups excluding tert-OH is 1. The van der Waals surface area contributed by atoms with Crippen molar-refractivity contribution in [3.05, 3.63) is 48.2 Å². The maximum atomic E-state index is 13.5. The minimum atomic E-state index is -1.09. The van der Waals surface area contributed by atoms with Crippen LogP contribution in [0, 0.1) is 17.6 Å². The number of aliphatic hydroxyl groups is 1. The topological polar surface area (TPSA) is 83.5 Å². The number of hydrogen-bond acceptors (Lipinski definition) is 4. The van der Waals surface area contributed by atoms with E-state index in [-0.39, 0.29) is 36.2 Å². The average molecular weight is 349 g/mol. The first-order chi connectivity index (χ1) is 12.0. The lowest BCUT2D eigenvalue weighted by atomic mass is 9.81. The number of aromatic nitrogens is 1. The molecule has 0 aliphatic heterocycles. The molecule has 0 spiro atoms. The van der Waals surface area contributed by atoms with Gasteiger partial charge in [0, 0.05) is 18.7 Å². The highest BCUT2D eigenvalue weighted by Crippen LogP contribution is 2.27. The molecule has 1 fully saturated rings. The second-order valence-electron chi connectivity index (χ2n) is 5.85. The number of hydrogen-bond donors (Lipinski definition) is 3. The van der Waals surface area contributed by atoms with Crippen LogP contribution in [0.3, 0.4) is 0 Å². The number of urea groups is 1. The maximum Gasteiger partial charge on any atom is 0.319 e. The van der Waals surface area contributed by atoms with E-state index in [4.69, 9.17) is 9.84 Å². The van der Waals surface area contributed by atoms with Crippen molar-refractivity contribution in [3.8, 4) is 11.6 Å². The fraction of sp³-hybridized carbons (Fsp3) is 0.294. The third kappa shape index (κ3) is 4.21. The molecule has 1 aliphatic rings. The molecule has 2 amide bonds. The third-order valence-electron chi connectivity index (χ3n) is 3.95. The first kappa shape index (κ1) is 17.1. The Balaban J connectivity index is 1.53. The maximum absolute atomic E-state index is 13.5. The highest BCUT2D eigenvalue weighted by atomic mass is 19.2. The van der Waals surface area contributed by atoms with E-state index in [1.54, 1.807) is 0 Å². The smallest absolute Gasteiger partial charge is 0.319 e. The van der Waals surface area contributed by atoms with Gasteiger partial charge in [0.2, 0.25) is 11.7 Å². The Morgan fingerprint density at radius 1 is 1.28 bits per heavy atom. The lowest BCUT2D eigenvalue weighted by molar-refractivity contribution is 0.130. The Hall–Kier alpha value is -2.74. The molecule has 3 rings (SSSR count). The van der Waals surface area contributed by atoms with Gasteiger partial charge in [-0.25, -0.2) is 14.2 Å². The lowest BCUT2D eigenvalue weighted by Crippen LogP contribution is -2.46. The molecule has 2 aromatic rings. The highest BCUT2D eigenvalue weighted by molar-refractivity contribution is 5.89. The second-order valence-corrected chi connectivity index (χ2v) is 5.85. The van der Waals surface area contributed by atoms with Crippen LogP contribution in [0.4, 0.5) is 19.3 Å². The molecular formula is C17H17F2N3O3. The summed E-state index contributed by atoms with van der Waals surface area (Å²) in [5.74, 6) is -2.04.